The van der Waals surface area contributed by atoms with Gasteiger partial charge in [-0.1, -0.05) is 6.07 Å². The number of nitrogens with one attached hydrogen (secondary N) is 1. The van der Waals surface area contributed by atoms with Crippen LogP contribution in [0, 0.1) is 5.82 Å². The molecule has 1 aromatic rings. The summed E-state index contributed by atoms with van der Waals surface area (Å²) in [6, 6.07) is 3.24. The first kappa shape index (κ1) is 14.7. The first-order chi connectivity index (χ1) is 9.31. The summed E-state index contributed by atoms with van der Waals surface area (Å²) in [4.78, 5) is 12.5. The number of nitrogens with two attached hydrogens (primary N) is 1. The normalized spacial score (nSPS) is 20.2. The lowest BCUT2D eigenvalue weighted by molar-refractivity contribution is -0.132. The van der Waals surface area contributed by atoms with Gasteiger partial charge in [0, 0.05) is 26.1 Å². The van der Waals surface area contributed by atoms with E-state index < -0.39 is 27.6 Å². The highest BCUT2D eigenvalue weighted by atomic mass is 32.2. The van der Waals surface area contributed by atoms with Crippen molar-refractivity contribution in [3.8, 4) is 0 Å². The molecular weight excluding hydrogens is 285 g/mol. The van der Waals surface area contributed by atoms with Crippen molar-refractivity contribution in [3.63, 3.8) is 0 Å². The molecule has 1 fully saturated rings. The van der Waals surface area contributed by atoms with Gasteiger partial charge in [-0.2, -0.15) is 0 Å². The lowest BCUT2D eigenvalue weighted by Crippen LogP contribution is -2.48. The molecule has 1 unspecified atom stereocenters. The van der Waals surface area contributed by atoms with Crippen LogP contribution in [0.5, 0.6) is 0 Å². The zero-order chi connectivity index (χ0) is 14.9. The Kier molecular flexibility index (Phi) is 3.96. The van der Waals surface area contributed by atoms with Gasteiger partial charge in [-0.3, -0.25) is 4.79 Å². The summed E-state index contributed by atoms with van der Waals surface area (Å²) in [6.45, 7) is 0.285. The second kappa shape index (κ2) is 5.37. The van der Waals surface area contributed by atoms with E-state index in [9.17, 15) is 17.6 Å². The van der Waals surface area contributed by atoms with Gasteiger partial charge in [-0.15, -0.1) is 0 Å². The van der Waals surface area contributed by atoms with E-state index in [1.807, 2.05) is 0 Å². The molecule has 2 rings (SSSR count). The molecule has 1 saturated heterocycles. The van der Waals surface area contributed by atoms with Crippen molar-refractivity contribution >= 4 is 21.6 Å². The summed E-state index contributed by atoms with van der Waals surface area (Å²) < 4.78 is 40.2. The molecule has 0 spiro atoms. The van der Waals surface area contributed by atoms with E-state index in [0.717, 1.165) is 6.07 Å². The number of piperidine rings is 1. The number of rotatable bonds is 3. The second-order valence-corrected chi connectivity index (χ2v) is 6.47. The van der Waals surface area contributed by atoms with E-state index in [1.54, 1.807) is 7.05 Å². The third-order valence-electron chi connectivity index (χ3n) is 3.25. The van der Waals surface area contributed by atoms with Gasteiger partial charge in [-0.05, 0) is 18.6 Å². The molecule has 3 N–H and O–H groups in total. The minimum Gasteiger partial charge on any atom is -0.395 e. The molecule has 0 radical (unpaired) electrons. The van der Waals surface area contributed by atoms with E-state index in [-0.39, 0.29) is 23.8 Å². The molecule has 1 aliphatic rings. The summed E-state index contributed by atoms with van der Waals surface area (Å²) in [7, 11) is -2.30. The Balaban J connectivity index is 2.20. The van der Waals surface area contributed by atoms with Crippen LogP contribution in [0.1, 0.15) is 12.8 Å². The van der Waals surface area contributed by atoms with Crippen LogP contribution in [0.3, 0.4) is 0 Å². The van der Waals surface area contributed by atoms with Gasteiger partial charge in [0.1, 0.15) is 10.7 Å². The fourth-order valence-electron chi connectivity index (χ4n) is 2.14. The number of halogens is 1. The molecule has 1 atom stereocenters. The summed E-state index contributed by atoms with van der Waals surface area (Å²) in [5, 5.41) is 0. The molecule has 1 aliphatic heterocycles. The first-order valence-electron chi connectivity index (χ1n) is 6.11. The topological polar surface area (TPSA) is 92.5 Å². The molecule has 0 aliphatic carbocycles. The number of sulfonamides is 1. The number of carbonyl (C=O) groups is 1. The fraction of sp³-hybridized carbons (Fsp3) is 0.417. The number of carbonyl (C=O) groups excluding carboxylic acids is 1. The first-order valence-corrected chi connectivity index (χ1v) is 7.60. The Labute approximate surface area is 116 Å². The summed E-state index contributed by atoms with van der Waals surface area (Å²) in [5.41, 5.74) is 5.06. The molecule has 6 nitrogen and oxygen atoms in total. The van der Waals surface area contributed by atoms with Crippen molar-refractivity contribution in [2.24, 2.45) is 0 Å². The van der Waals surface area contributed by atoms with Crippen molar-refractivity contribution in [2.45, 2.75) is 23.8 Å². The van der Waals surface area contributed by atoms with Crippen molar-refractivity contribution in [3.05, 3.63) is 24.0 Å². The summed E-state index contributed by atoms with van der Waals surface area (Å²) >= 11 is 0. The van der Waals surface area contributed by atoms with E-state index in [4.69, 9.17) is 5.73 Å². The highest BCUT2D eigenvalue weighted by molar-refractivity contribution is 7.89. The van der Waals surface area contributed by atoms with Crippen LogP contribution in [0.25, 0.3) is 0 Å². The van der Waals surface area contributed by atoms with Crippen molar-refractivity contribution in [1.29, 1.82) is 0 Å². The summed E-state index contributed by atoms with van der Waals surface area (Å²) in [5.74, 6) is -0.797. The van der Waals surface area contributed by atoms with Crippen LogP contribution >= 0.6 is 0 Å². The highest BCUT2D eigenvalue weighted by Crippen LogP contribution is 2.22. The monoisotopic (exact) mass is 301 g/mol. The Morgan fingerprint density at radius 3 is 2.80 bits per heavy atom. The second-order valence-electron chi connectivity index (χ2n) is 4.78. The number of hydrogen-bond donors (Lipinski definition) is 2. The average molecular weight is 301 g/mol. The van der Waals surface area contributed by atoms with Crippen LogP contribution in [0.2, 0.25) is 0 Å². The fourth-order valence-corrected chi connectivity index (χ4v) is 3.55. The minimum absolute atomic E-state index is 0.0225. The Morgan fingerprint density at radius 1 is 1.45 bits per heavy atom. The molecular formula is C12H16FN3O3S. The van der Waals surface area contributed by atoms with Gasteiger partial charge in [0.2, 0.25) is 15.9 Å². The maximum Gasteiger partial charge on any atom is 0.243 e. The van der Waals surface area contributed by atoms with Crippen LogP contribution in [-0.2, 0) is 14.8 Å². The number of amides is 1. The zero-order valence-electron chi connectivity index (χ0n) is 11.0. The molecule has 1 heterocycles. The third-order valence-corrected chi connectivity index (χ3v) is 4.83. The van der Waals surface area contributed by atoms with E-state index >= 15 is 0 Å². The van der Waals surface area contributed by atoms with Gasteiger partial charge < -0.3 is 10.6 Å². The van der Waals surface area contributed by atoms with Crippen LogP contribution in [0.4, 0.5) is 10.1 Å². The van der Waals surface area contributed by atoms with Gasteiger partial charge in [0.25, 0.3) is 0 Å². The predicted molar refractivity (Wildman–Crippen MR) is 71.8 cm³/mol. The smallest absolute Gasteiger partial charge is 0.243 e. The van der Waals surface area contributed by atoms with E-state index in [0.29, 0.717) is 6.42 Å². The number of nitrogens with zero attached hydrogens (tertiary/aromatic N) is 1. The van der Waals surface area contributed by atoms with Crippen molar-refractivity contribution < 1.29 is 17.6 Å². The minimum atomic E-state index is -3.91. The van der Waals surface area contributed by atoms with Gasteiger partial charge >= 0.3 is 0 Å². The Morgan fingerprint density at radius 2 is 2.15 bits per heavy atom. The maximum atomic E-state index is 13.3. The highest BCUT2D eigenvalue weighted by Gasteiger charge is 2.28. The number of para-hydroxylation sites is 1. The predicted octanol–water partition coefficient (Wildman–Crippen LogP) is 0.307. The molecule has 1 amide bonds. The maximum absolute atomic E-state index is 13.3. The van der Waals surface area contributed by atoms with Crippen molar-refractivity contribution in [1.82, 2.24) is 9.62 Å². The number of anilines is 1. The standard InChI is InChI=1S/C12H16FN3O3S/c1-16-7-8(5-6-11(16)17)15-20(18,19)10-4-2-3-9(13)12(10)14/h2-4,8,15H,5-7,14H2,1H3. The summed E-state index contributed by atoms with van der Waals surface area (Å²) in [6.07, 6.45) is 0.694. The van der Waals surface area contributed by atoms with Crippen LogP contribution < -0.4 is 10.5 Å². The van der Waals surface area contributed by atoms with E-state index in [1.165, 1.54) is 17.0 Å². The van der Waals surface area contributed by atoms with Gasteiger partial charge in [0.05, 0.1) is 5.69 Å². The Bertz CT molecular complexity index is 633. The molecule has 0 aromatic heterocycles. The Hall–Kier alpha value is -1.67. The molecule has 8 heteroatoms. The van der Waals surface area contributed by atoms with E-state index in [2.05, 4.69) is 4.72 Å². The number of nitrogen functional groups attached to an aromatic ring is 1. The number of benzene rings is 1. The van der Waals surface area contributed by atoms with Gasteiger partial charge in [-0.25, -0.2) is 17.5 Å². The molecule has 110 valence electrons. The molecule has 20 heavy (non-hydrogen) atoms. The number of likely N-dealkylation sites (tertiary alicyclic amines) is 1. The van der Waals surface area contributed by atoms with Crippen LogP contribution in [0.15, 0.2) is 23.1 Å². The quantitative estimate of drug-likeness (QED) is 0.786. The molecule has 1 aromatic carbocycles. The number of likely N-dealkylation sites (N-methyl/N-ethyl adjacent to an activating group) is 1. The number of hydrogen-bond acceptors (Lipinski definition) is 4. The molecule has 0 bridgehead atoms. The lowest BCUT2D eigenvalue weighted by atomic mass is 10.1. The van der Waals surface area contributed by atoms with Crippen molar-refractivity contribution in [2.75, 3.05) is 19.3 Å². The average Bonchev–Trinajstić information content (AvgIpc) is 2.36. The lowest BCUT2D eigenvalue weighted by Gasteiger charge is -2.30. The third kappa shape index (κ3) is 2.91. The molecule has 0 saturated carbocycles. The van der Waals surface area contributed by atoms with Crippen LogP contribution in [-0.4, -0.2) is 38.9 Å². The van der Waals surface area contributed by atoms with Gasteiger partial charge in [0.15, 0.2) is 0 Å². The largest absolute Gasteiger partial charge is 0.395 e. The SMILES string of the molecule is CN1CC(NS(=O)(=O)c2cccc(F)c2N)CCC1=O. The zero-order valence-corrected chi connectivity index (χ0v) is 11.8.